The Hall–Kier alpha value is -2.69. The zero-order valence-electron chi connectivity index (χ0n) is 11.1. The van der Waals surface area contributed by atoms with E-state index in [1.165, 1.54) is 13.2 Å². The molecular formula is C15H14O5. The summed E-state index contributed by atoms with van der Waals surface area (Å²) < 4.78 is 10.0. The Balaban J connectivity index is 2.65. The third-order valence-corrected chi connectivity index (χ3v) is 3.02. The first-order valence-electron chi connectivity index (χ1n) is 5.85. The molecule has 0 amide bonds. The van der Waals surface area contributed by atoms with E-state index in [-0.39, 0.29) is 11.3 Å². The van der Waals surface area contributed by atoms with Crippen LogP contribution in [0.15, 0.2) is 30.3 Å². The molecule has 20 heavy (non-hydrogen) atoms. The van der Waals surface area contributed by atoms with Crippen molar-refractivity contribution in [1.29, 1.82) is 0 Å². The number of aldehydes is 1. The highest BCUT2D eigenvalue weighted by Crippen LogP contribution is 2.43. The molecule has 0 aliphatic carbocycles. The van der Waals surface area contributed by atoms with Crippen LogP contribution >= 0.6 is 0 Å². The molecule has 0 spiro atoms. The normalized spacial score (nSPS) is 10.1. The first-order chi connectivity index (χ1) is 9.62. The van der Waals surface area contributed by atoms with Crippen molar-refractivity contribution in [2.75, 3.05) is 14.2 Å². The van der Waals surface area contributed by atoms with Gasteiger partial charge in [-0.15, -0.1) is 0 Å². The molecule has 0 aliphatic rings. The van der Waals surface area contributed by atoms with E-state index in [0.29, 0.717) is 23.2 Å². The fraction of sp³-hybridized carbons (Fsp3) is 0.133. The van der Waals surface area contributed by atoms with E-state index in [1.807, 2.05) is 0 Å². The lowest BCUT2D eigenvalue weighted by Gasteiger charge is -2.12. The van der Waals surface area contributed by atoms with Crippen molar-refractivity contribution in [3.05, 3.63) is 35.9 Å². The van der Waals surface area contributed by atoms with E-state index in [9.17, 15) is 15.0 Å². The summed E-state index contributed by atoms with van der Waals surface area (Å²) in [6.07, 6.45) is 0.494. The van der Waals surface area contributed by atoms with Crippen molar-refractivity contribution in [3.63, 3.8) is 0 Å². The topological polar surface area (TPSA) is 76.0 Å². The second kappa shape index (κ2) is 5.52. The van der Waals surface area contributed by atoms with E-state index in [1.54, 1.807) is 31.4 Å². The predicted molar refractivity (Wildman–Crippen MR) is 73.7 cm³/mol. The minimum atomic E-state index is -0.495. The zero-order valence-corrected chi connectivity index (χ0v) is 11.1. The minimum Gasteiger partial charge on any atom is -0.504 e. The van der Waals surface area contributed by atoms with Crippen molar-refractivity contribution >= 4 is 6.29 Å². The molecule has 0 radical (unpaired) electrons. The fourth-order valence-corrected chi connectivity index (χ4v) is 1.93. The summed E-state index contributed by atoms with van der Waals surface area (Å²) >= 11 is 0. The number of aromatic hydroxyl groups is 2. The molecule has 2 N–H and O–H groups in total. The summed E-state index contributed by atoms with van der Waals surface area (Å²) in [5.74, 6) is -0.174. The van der Waals surface area contributed by atoms with Gasteiger partial charge in [0.15, 0.2) is 17.8 Å². The van der Waals surface area contributed by atoms with Crippen molar-refractivity contribution < 1.29 is 24.5 Å². The SMILES string of the molecule is COc1ccc(-c2cc(OC)c(O)c(O)c2C=O)cc1. The highest BCUT2D eigenvalue weighted by Gasteiger charge is 2.18. The molecule has 104 valence electrons. The molecular weight excluding hydrogens is 260 g/mol. The Morgan fingerprint density at radius 2 is 1.65 bits per heavy atom. The first kappa shape index (κ1) is 13.7. The maximum atomic E-state index is 11.2. The number of benzene rings is 2. The van der Waals surface area contributed by atoms with Crippen LogP contribution in [0.3, 0.4) is 0 Å². The Labute approximate surface area is 116 Å². The van der Waals surface area contributed by atoms with Gasteiger partial charge in [0.1, 0.15) is 5.75 Å². The second-order valence-corrected chi connectivity index (χ2v) is 4.08. The molecule has 2 aromatic carbocycles. The van der Waals surface area contributed by atoms with Gasteiger partial charge in [-0.3, -0.25) is 4.79 Å². The van der Waals surface area contributed by atoms with Gasteiger partial charge < -0.3 is 19.7 Å². The lowest BCUT2D eigenvalue weighted by molar-refractivity contribution is 0.112. The second-order valence-electron chi connectivity index (χ2n) is 4.08. The predicted octanol–water partition coefficient (Wildman–Crippen LogP) is 2.59. The van der Waals surface area contributed by atoms with Crippen LogP contribution in [0.2, 0.25) is 0 Å². The van der Waals surface area contributed by atoms with Gasteiger partial charge in [-0.1, -0.05) is 12.1 Å². The van der Waals surface area contributed by atoms with Gasteiger partial charge in [0, 0.05) is 0 Å². The van der Waals surface area contributed by atoms with Crippen LogP contribution in [0.5, 0.6) is 23.0 Å². The van der Waals surface area contributed by atoms with Gasteiger partial charge in [-0.25, -0.2) is 0 Å². The van der Waals surface area contributed by atoms with Crippen molar-refractivity contribution in [2.24, 2.45) is 0 Å². The highest BCUT2D eigenvalue weighted by molar-refractivity contribution is 5.93. The molecule has 5 heteroatoms. The number of phenols is 2. The summed E-state index contributed by atoms with van der Waals surface area (Å²) in [4.78, 5) is 11.2. The van der Waals surface area contributed by atoms with E-state index < -0.39 is 11.5 Å². The number of carbonyl (C=O) groups excluding carboxylic acids is 1. The van der Waals surface area contributed by atoms with Gasteiger partial charge in [0.25, 0.3) is 0 Å². The lowest BCUT2D eigenvalue weighted by atomic mass is 9.98. The van der Waals surface area contributed by atoms with Crippen LogP contribution in [0.25, 0.3) is 11.1 Å². The number of rotatable bonds is 4. The molecule has 2 rings (SSSR count). The standard InChI is InChI=1S/C15H14O5/c1-19-10-5-3-9(4-6-10)11-7-13(20-2)15(18)14(17)12(11)8-16/h3-8,17-18H,1-2H3. The quantitative estimate of drug-likeness (QED) is 0.662. The zero-order chi connectivity index (χ0) is 14.7. The number of carbonyl (C=O) groups is 1. The van der Waals surface area contributed by atoms with Crippen LogP contribution in [-0.2, 0) is 0 Å². The number of ether oxygens (including phenoxy) is 2. The van der Waals surface area contributed by atoms with E-state index in [4.69, 9.17) is 9.47 Å². The van der Waals surface area contributed by atoms with Gasteiger partial charge in [0.2, 0.25) is 5.75 Å². The molecule has 0 unspecified atom stereocenters. The maximum absolute atomic E-state index is 11.2. The third kappa shape index (κ3) is 2.25. The summed E-state index contributed by atoms with van der Waals surface area (Å²) in [6, 6.07) is 8.47. The first-order valence-corrected chi connectivity index (χ1v) is 5.85. The summed E-state index contributed by atoms with van der Waals surface area (Å²) in [5, 5.41) is 19.6. The lowest BCUT2D eigenvalue weighted by Crippen LogP contribution is -1.93. The average Bonchev–Trinajstić information content (AvgIpc) is 2.50. The molecule has 0 saturated heterocycles. The Bertz CT molecular complexity index is 632. The monoisotopic (exact) mass is 274 g/mol. The maximum Gasteiger partial charge on any atom is 0.201 e. The van der Waals surface area contributed by atoms with Crippen LogP contribution in [0, 0.1) is 0 Å². The molecule has 0 fully saturated rings. The molecule has 0 atom stereocenters. The molecule has 0 aromatic heterocycles. The number of hydrogen-bond donors (Lipinski definition) is 2. The Kier molecular flexibility index (Phi) is 3.79. The molecule has 0 bridgehead atoms. The molecule has 0 aliphatic heterocycles. The smallest absolute Gasteiger partial charge is 0.201 e. The van der Waals surface area contributed by atoms with Gasteiger partial charge in [-0.05, 0) is 29.3 Å². The van der Waals surface area contributed by atoms with E-state index >= 15 is 0 Å². The summed E-state index contributed by atoms with van der Waals surface area (Å²) in [7, 11) is 2.92. The Morgan fingerprint density at radius 1 is 1.00 bits per heavy atom. The number of phenolic OH excluding ortho intramolecular Hbond substituents is 2. The van der Waals surface area contributed by atoms with Crippen LogP contribution in [-0.4, -0.2) is 30.7 Å². The van der Waals surface area contributed by atoms with E-state index in [2.05, 4.69) is 0 Å². The van der Waals surface area contributed by atoms with Crippen molar-refractivity contribution in [1.82, 2.24) is 0 Å². The summed E-state index contributed by atoms with van der Waals surface area (Å²) in [6.45, 7) is 0. The average molecular weight is 274 g/mol. The highest BCUT2D eigenvalue weighted by atomic mass is 16.5. The van der Waals surface area contributed by atoms with Crippen molar-refractivity contribution in [3.8, 4) is 34.1 Å². The van der Waals surface area contributed by atoms with Gasteiger partial charge >= 0.3 is 0 Å². The Morgan fingerprint density at radius 3 is 2.15 bits per heavy atom. The molecule has 5 nitrogen and oxygen atoms in total. The largest absolute Gasteiger partial charge is 0.504 e. The van der Waals surface area contributed by atoms with Gasteiger partial charge in [0.05, 0.1) is 19.8 Å². The van der Waals surface area contributed by atoms with Crippen LogP contribution in [0.1, 0.15) is 10.4 Å². The molecule has 0 saturated carbocycles. The van der Waals surface area contributed by atoms with Crippen LogP contribution in [0.4, 0.5) is 0 Å². The molecule has 0 heterocycles. The summed E-state index contributed by atoms with van der Waals surface area (Å²) in [5.41, 5.74) is 1.17. The van der Waals surface area contributed by atoms with E-state index in [0.717, 1.165) is 0 Å². The minimum absolute atomic E-state index is 0.00784. The molecule has 2 aromatic rings. The van der Waals surface area contributed by atoms with Crippen LogP contribution < -0.4 is 9.47 Å². The van der Waals surface area contributed by atoms with Crippen molar-refractivity contribution in [2.45, 2.75) is 0 Å². The number of methoxy groups -OCH3 is 2. The van der Waals surface area contributed by atoms with Gasteiger partial charge in [-0.2, -0.15) is 0 Å². The fourth-order valence-electron chi connectivity index (χ4n) is 1.93. The number of hydrogen-bond acceptors (Lipinski definition) is 5. The third-order valence-electron chi connectivity index (χ3n) is 3.02.